The van der Waals surface area contributed by atoms with Crippen molar-refractivity contribution in [1.29, 1.82) is 0 Å². The van der Waals surface area contributed by atoms with Crippen LogP contribution < -0.4 is 0 Å². The molecule has 0 heterocycles. The predicted octanol–water partition coefficient (Wildman–Crippen LogP) is 8.10. The van der Waals surface area contributed by atoms with Gasteiger partial charge >= 0.3 is 0 Å². The molecular formula is C26H42. The minimum absolute atomic E-state index is 0.782. The van der Waals surface area contributed by atoms with Gasteiger partial charge in [-0.1, -0.05) is 76.4 Å². The lowest BCUT2D eigenvalue weighted by molar-refractivity contribution is 0.289. The molecule has 0 bridgehead atoms. The molecule has 0 radical (unpaired) electrons. The van der Waals surface area contributed by atoms with Crippen LogP contribution in [0.1, 0.15) is 104 Å². The molecule has 26 heavy (non-hydrogen) atoms. The molecule has 146 valence electrons. The summed E-state index contributed by atoms with van der Waals surface area (Å²) in [5.41, 5.74) is 0. The lowest BCUT2D eigenvalue weighted by Gasteiger charge is -2.26. The minimum atomic E-state index is 0.782. The van der Waals surface area contributed by atoms with Gasteiger partial charge in [-0.05, 0) is 87.2 Å². The van der Waals surface area contributed by atoms with Gasteiger partial charge in [0.2, 0.25) is 0 Å². The molecule has 0 atom stereocenters. The van der Waals surface area contributed by atoms with Crippen molar-refractivity contribution in [2.75, 3.05) is 0 Å². The van der Waals surface area contributed by atoms with Gasteiger partial charge in [0, 0.05) is 0 Å². The van der Waals surface area contributed by atoms with E-state index in [4.69, 9.17) is 0 Å². The van der Waals surface area contributed by atoms with Gasteiger partial charge < -0.3 is 0 Å². The Morgan fingerprint density at radius 1 is 0.615 bits per heavy atom. The number of allylic oxidation sites excluding steroid dienone is 4. The molecule has 0 aromatic heterocycles. The molecule has 0 heteroatoms. The van der Waals surface area contributed by atoms with Crippen LogP contribution in [0.5, 0.6) is 0 Å². The average molecular weight is 355 g/mol. The van der Waals surface area contributed by atoms with Crippen molar-refractivity contribution >= 4 is 0 Å². The molecule has 0 aliphatic heterocycles. The zero-order valence-corrected chi connectivity index (χ0v) is 17.5. The standard InChI is InChI=1S/C26H42/c1-3-5-8-12-24-19-21-26(22-20-24)14-10-7-6-9-13-25-17-15-23(11-4-2)16-18-25/h9-10,13-14,23-26H,3-5,8,11-12,15-22H2,1-2H3/t23-,24-,25-,26-. The highest BCUT2D eigenvalue weighted by molar-refractivity contribution is 5.24. The molecule has 0 nitrogen and oxygen atoms in total. The van der Waals surface area contributed by atoms with Crippen LogP contribution in [0.2, 0.25) is 0 Å². The van der Waals surface area contributed by atoms with Crippen LogP contribution in [0, 0.1) is 35.5 Å². The monoisotopic (exact) mass is 354 g/mol. The van der Waals surface area contributed by atoms with E-state index in [0.717, 1.165) is 23.7 Å². The van der Waals surface area contributed by atoms with Gasteiger partial charge in [-0.2, -0.15) is 0 Å². The molecule has 0 saturated heterocycles. The zero-order chi connectivity index (χ0) is 18.5. The van der Waals surface area contributed by atoms with Crippen LogP contribution in [-0.4, -0.2) is 0 Å². The van der Waals surface area contributed by atoms with Crippen molar-refractivity contribution in [3.63, 3.8) is 0 Å². The first-order valence-electron chi connectivity index (χ1n) is 11.7. The van der Waals surface area contributed by atoms with Crippen molar-refractivity contribution in [2.45, 2.75) is 104 Å². The van der Waals surface area contributed by atoms with E-state index in [1.807, 2.05) is 0 Å². The summed E-state index contributed by atoms with van der Waals surface area (Å²) < 4.78 is 0. The molecule has 0 aromatic carbocycles. The highest BCUT2D eigenvalue weighted by Crippen LogP contribution is 2.33. The van der Waals surface area contributed by atoms with Crippen LogP contribution in [-0.2, 0) is 0 Å². The lowest BCUT2D eigenvalue weighted by atomic mass is 9.79. The Bertz CT molecular complexity index is 456. The quantitative estimate of drug-likeness (QED) is 0.305. The SMILES string of the molecule is CCCCC[C@H]1CC[C@H](C=CC#CC=C[C@H]2CC[C@H](CCC)CC2)CC1. The fourth-order valence-corrected chi connectivity index (χ4v) is 4.89. The predicted molar refractivity (Wildman–Crippen MR) is 116 cm³/mol. The highest BCUT2D eigenvalue weighted by Gasteiger charge is 2.19. The molecule has 2 aliphatic rings. The van der Waals surface area contributed by atoms with Gasteiger partial charge in [0.25, 0.3) is 0 Å². The fourth-order valence-electron chi connectivity index (χ4n) is 4.89. The minimum Gasteiger partial charge on any atom is -0.0730 e. The summed E-state index contributed by atoms with van der Waals surface area (Å²) in [7, 11) is 0. The number of rotatable bonds is 8. The maximum absolute atomic E-state index is 3.24. The normalized spacial score (nSPS) is 29.8. The second-order valence-electron chi connectivity index (χ2n) is 8.85. The van der Waals surface area contributed by atoms with E-state index in [-0.39, 0.29) is 0 Å². The van der Waals surface area contributed by atoms with E-state index in [2.05, 4.69) is 50.0 Å². The summed E-state index contributed by atoms with van der Waals surface area (Å²) in [5, 5.41) is 0. The van der Waals surface area contributed by atoms with Gasteiger partial charge in [-0.15, -0.1) is 0 Å². The first kappa shape index (κ1) is 21.3. The maximum Gasteiger partial charge on any atom is -0.0153 e. The van der Waals surface area contributed by atoms with Crippen molar-refractivity contribution in [1.82, 2.24) is 0 Å². The Morgan fingerprint density at radius 3 is 1.58 bits per heavy atom. The van der Waals surface area contributed by atoms with Crippen LogP contribution in [0.15, 0.2) is 24.3 Å². The molecule has 0 amide bonds. The van der Waals surface area contributed by atoms with Gasteiger partial charge in [-0.25, -0.2) is 0 Å². The molecule has 0 spiro atoms. The third-order valence-electron chi connectivity index (χ3n) is 6.68. The van der Waals surface area contributed by atoms with E-state index in [9.17, 15) is 0 Å². The summed E-state index contributed by atoms with van der Waals surface area (Å²) in [6.07, 6.45) is 28.7. The van der Waals surface area contributed by atoms with E-state index in [1.54, 1.807) is 0 Å². The van der Waals surface area contributed by atoms with E-state index in [0.29, 0.717) is 0 Å². The fraction of sp³-hybridized carbons (Fsp3) is 0.769. The molecule has 2 fully saturated rings. The largest absolute Gasteiger partial charge is 0.0730 e. The van der Waals surface area contributed by atoms with Crippen LogP contribution >= 0.6 is 0 Å². The van der Waals surface area contributed by atoms with Crippen LogP contribution in [0.4, 0.5) is 0 Å². The van der Waals surface area contributed by atoms with Gasteiger partial charge in [-0.3, -0.25) is 0 Å². The zero-order valence-electron chi connectivity index (χ0n) is 17.5. The second kappa shape index (κ2) is 13.2. The van der Waals surface area contributed by atoms with Crippen molar-refractivity contribution in [3.8, 4) is 11.8 Å². The first-order chi connectivity index (χ1) is 12.8. The summed E-state index contributed by atoms with van der Waals surface area (Å²) >= 11 is 0. The summed E-state index contributed by atoms with van der Waals surface area (Å²) in [4.78, 5) is 0. The molecule has 0 N–H and O–H groups in total. The molecule has 0 unspecified atom stereocenters. The maximum atomic E-state index is 3.24. The van der Waals surface area contributed by atoms with Gasteiger partial charge in [0.05, 0.1) is 0 Å². The van der Waals surface area contributed by atoms with E-state index >= 15 is 0 Å². The Kier molecular flexibility index (Phi) is 10.9. The number of unbranched alkanes of at least 4 members (excludes halogenated alkanes) is 2. The molecule has 2 saturated carbocycles. The Hall–Kier alpha value is -0.960. The van der Waals surface area contributed by atoms with Crippen LogP contribution in [0.3, 0.4) is 0 Å². The lowest BCUT2D eigenvalue weighted by Crippen LogP contribution is -2.12. The molecular weight excluding hydrogens is 312 g/mol. The average Bonchev–Trinajstić information content (AvgIpc) is 2.67. The van der Waals surface area contributed by atoms with E-state index in [1.165, 1.54) is 89.9 Å². The molecule has 2 aliphatic carbocycles. The van der Waals surface area contributed by atoms with Crippen molar-refractivity contribution in [2.24, 2.45) is 23.7 Å². The topological polar surface area (TPSA) is 0 Å². The van der Waals surface area contributed by atoms with Crippen molar-refractivity contribution in [3.05, 3.63) is 24.3 Å². The third-order valence-corrected chi connectivity index (χ3v) is 6.68. The summed E-state index contributed by atoms with van der Waals surface area (Å²) in [5.74, 6) is 10.0. The van der Waals surface area contributed by atoms with Crippen LogP contribution in [0.25, 0.3) is 0 Å². The second-order valence-corrected chi connectivity index (χ2v) is 8.85. The van der Waals surface area contributed by atoms with Crippen molar-refractivity contribution < 1.29 is 0 Å². The Labute approximate surface area is 163 Å². The Balaban J connectivity index is 1.58. The summed E-state index contributed by atoms with van der Waals surface area (Å²) in [6.45, 7) is 4.62. The number of hydrogen-bond donors (Lipinski definition) is 0. The Morgan fingerprint density at radius 2 is 1.12 bits per heavy atom. The molecule has 0 aromatic rings. The van der Waals surface area contributed by atoms with Gasteiger partial charge in [0.15, 0.2) is 0 Å². The highest BCUT2D eigenvalue weighted by atomic mass is 14.2. The first-order valence-corrected chi connectivity index (χ1v) is 11.7. The van der Waals surface area contributed by atoms with Gasteiger partial charge in [0.1, 0.15) is 0 Å². The van der Waals surface area contributed by atoms with E-state index < -0.39 is 0 Å². The summed E-state index contributed by atoms with van der Waals surface area (Å²) in [6, 6.07) is 0. The molecule has 2 rings (SSSR count). The smallest absolute Gasteiger partial charge is 0.0153 e. The number of hydrogen-bond acceptors (Lipinski definition) is 0. The third kappa shape index (κ3) is 8.62.